The molecular formula is C19H21FO2. The van der Waals surface area contributed by atoms with E-state index in [0.29, 0.717) is 0 Å². The quantitative estimate of drug-likeness (QED) is 0.702. The Bertz CT molecular complexity index is 637. The minimum atomic E-state index is -0.240. The Labute approximate surface area is 131 Å². The number of methoxy groups -OCH3 is 2. The van der Waals surface area contributed by atoms with E-state index in [1.165, 1.54) is 12.1 Å². The first-order valence-corrected chi connectivity index (χ1v) is 7.36. The number of hydrogen-bond donors (Lipinski definition) is 0. The van der Waals surface area contributed by atoms with Gasteiger partial charge < -0.3 is 9.47 Å². The van der Waals surface area contributed by atoms with Gasteiger partial charge in [-0.25, -0.2) is 4.39 Å². The summed E-state index contributed by atoms with van der Waals surface area (Å²) in [5, 5.41) is 0. The second kappa shape index (κ2) is 7.64. The molecule has 0 heterocycles. The van der Waals surface area contributed by atoms with Gasteiger partial charge in [0.15, 0.2) is 0 Å². The van der Waals surface area contributed by atoms with Crippen molar-refractivity contribution in [3.8, 4) is 11.5 Å². The van der Waals surface area contributed by atoms with Gasteiger partial charge in [0, 0.05) is 5.56 Å². The van der Waals surface area contributed by atoms with Gasteiger partial charge in [0.05, 0.1) is 14.2 Å². The van der Waals surface area contributed by atoms with Crippen LogP contribution in [0.15, 0.2) is 36.4 Å². The van der Waals surface area contributed by atoms with E-state index in [-0.39, 0.29) is 5.82 Å². The molecule has 0 N–H and O–H groups in total. The Morgan fingerprint density at radius 1 is 0.955 bits per heavy atom. The molecule has 0 radical (unpaired) electrons. The molecule has 0 saturated heterocycles. The van der Waals surface area contributed by atoms with Gasteiger partial charge >= 0.3 is 0 Å². The average molecular weight is 300 g/mol. The van der Waals surface area contributed by atoms with Crippen molar-refractivity contribution in [1.82, 2.24) is 0 Å². The van der Waals surface area contributed by atoms with Crippen molar-refractivity contribution in [2.45, 2.75) is 19.8 Å². The third kappa shape index (κ3) is 3.88. The second-order valence-electron chi connectivity index (χ2n) is 5.04. The SMILES string of the molecule is CCCc1c(OC)cc(/C=C/c2cccc(F)c2)cc1OC. The number of benzene rings is 2. The maximum Gasteiger partial charge on any atom is 0.126 e. The molecule has 2 aromatic rings. The zero-order valence-electron chi connectivity index (χ0n) is 13.2. The van der Waals surface area contributed by atoms with Crippen molar-refractivity contribution in [2.75, 3.05) is 14.2 Å². The molecule has 2 rings (SSSR count). The molecule has 2 aromatic carbocycles. The third-order valence-electron chi connectivity index (χ3n) is 3.45. The lowest BCUT2D eigenvalue weighted by Crippen LogP contribution is -1.97. The molecule has 3 heteroatoms. The second-order valence-corrected chi connectivity index (χ2v) is 5.04. The summed E-state index contributed by atoms with van der Waals surface area (Å²) in [6.07, 6.45) is 5.72. The fraction of sp³-hybridized carbons (Fsp3) is 0.263. The van der Waals surface area contributed by atoms with E-state index < -0.39 is 0 Å². The summed E-state index contributed by atoms with van der Waals surface area (Å²) < 4.78 is 24.2. The molecule has 0 aliphatic rings. The van der Waals surface area contributed by atoms with Crippen molar-refractivity contribution < 1.29 is 13.9 Å². The number of rotatable bonds is 6. The van der Waals surface area contributed by atoms with Crippen LogP contribution in [-0.4, -0.2) is 14.2 Å². The molecule has 2 nitrogen and oxygen atoms in total. The third-order valence-corrected chi connectivity index (χ3v) is 3.45. The molecule has 0 bridgehead atoms. The van der Waals surface area contributed by atoms with Gasteiger partial charge in [-0.05, 0) is 41.8 Å². The highest BCUT2D eigenvalue weighted by Crippen LogP contribution is 2.32. The first-order chi connectivity index (χ1) is 10.7. The highest BCUT2D eigenvalue weighted by atomic mass is 19.1. The van der Waals surface area contributed by atoms with E-state index >= 15 is 0 Å². The minimum absolute atomic E-state index is 0.240. The molecule has 22 heavy (non-hydrogen) atoms. The van der Waals surface area contributed by atoms with E-state index in [2.05, 4.69) is 6.92 Å². The van der Waals surface area contributed by atoms with Crippen LogP contribution < -0.4 is 9.47 Å². The lowest BCUT2D eigenvalue weighted by molar-refractivity contribution is 0.385. The molecule has 0 amide bonds. The predicted octanol–water partition coefficient (Wildman–Crippen LogP) is 4.97. The normalized spacial score (nSPS) is 10.9. The lowest BCUT2D eigenvalue weighted by atomic mass is 10.0. The van der Waals surface area contributed by atoms with Crippen LogP contribution in [0.5, 0.6) is 11.5 Å². The Morgan fingerprint density at radius 3 is 2.14 bits per heavy atom. The Morgan fingerprint density at radius 2 is 1.59 bits per heavy atom. The summed E-state index contributed by atoms with van der Waals surface area (Å²) in [5.41, 5.74) is 2.85. The van der Waals surface area contributed by atoms with E-state index in [4.69, 9.17) is 9.47 Å². The Kier molecular flexibility index (Phi) is 5.59. The summed E-state index contributed by atoms with van der Waals surface area (Å²) in [6.45, 7) is 2.12. The summed E-state index contributed by atoms with van der Waals surface area (Å²) in [6, 6.07) is 10.4. The van der Waals surface area contributed by atoms with Gasteiger partial charge in [-0.2, -0.15) is 0 Å². The largest absolute Gasteiger partial charge is 0.496 e. The van der Waals surface area contributed by atoms with E-state index in [9.17, 15) is 4.39 Å². The van der Waals surface area contributed by atoms with E-state index in [0.717, 1.165) is 41.0 Å². The van der Waals surface area contributed by atoms with Gasteiger partial charge in [-0.15, -0.1) is 0 Å². The summed E-state index contributed by atoms with van der Waals surface area (Å²) >= 11 is 0. The fourth-order valence-corrected chi connectivity index (χ4v) is 2.40. The van der Waals surface area contributed by atoms with Crippen LogP contribution in [0.2, 0.25) is 0 Å². The molecular weight excluding hydrogens is 279 g/mol. The number of halogens is 1. The van der Waals surface area contributed by atoms with Crippen LogP contribution >= 0.6 is 0 Å². The maximum atomic E-state index is 13.2. The summed E-state index contributed by atoms with van der Waals surface area (Å²) in [5.74, 6) is 1.40. The molecule has 116 valence electrons. The van der Waals surface area contributed by atoms with Crippen LogP contribution in [0.1, 0.15) is 30.0 Å². The van der Waals surface area contributed by atoms with Crippen LogP contribution in [0.25, 0.3) is 12.2 Å². The molecule has 0 atom stereocenters. The standard InChI is InChI=1S/C19H21FO2/c1-4-6-17-18(21-2)12-15(13-19(17)22-3)10-9-14-7-5-8-16(20)11-14/h5,7-13H,4,6H2,1-3H3/b10-9+. The Balaban J connectivity index is 2.35. The first-order valence-electron chi connectivity index (χ1n) is 7.36. The predicted molar refractivity (Wildman–Crippen MR) is 88.9 cm³/mol. The van der Waals surface area contributed by atoms with E-state index in [1.807, 2.05) is 30.4 Å². The van der Waals surface area contributed by atoms with Crippen molar-refractivity contribution in [2.24, 2.45) is 0 Å². The molecule has 0 aliphatic heterocycles. The first kappa shape index (κ1) is 16.1. The number of hydrogen-bond acceptors (Lipinski definition) is 2. The molecule has 0 unspecified atom stereocenters. The molecule has 0 aliphatic carbocycles. The summed E-state index contributed by atoms with van der Waals surface area (Å²) in [4.78, 5) is 0. The Hall–Kier alpha value is -2.29. The van der Waals surface area contributed by atoms with Gasteiger partial charge in [0.1, 0.15) is 17.3 Å². The zero-order chi connectivity index (χ0) is 15.9. The maximum absolute atomic E-state index is 13.2. The highest BCUT2D eigenvalue weighted by molar-refractivity contribution is 5.71. The van der Waals surface area contributed by atoms with Crippen molar-refractivity contribution >= 4 is 12.2 Å². The zero-order valence-corrected chi connectivity index (χ0v) is 13.2. The van der Waals surface area contributed by atoms with Crippen LogP contribution in [-0.2, 0) is 6.42 Å². The topological polar surface area (TPSA) is 18.5 Å². The van der Waals surface area contributed by atoms with Crippen LogP contribution in [0, 0.1) is 5.82 Å². The van der Waals surface area contributed by atoms with Gasteiger partial charge in [0.25, 0.3) is 0 Å². The van der Waals surface area contributed by atoms with Crippen LogP contribution in [0.3, 0.4) is 0 Å². The number of ether oxygens (including phenoxy) is 2. The molecule has 0 saturated carbocycles. The molecule has 0 spiro atoms. The smallest absolute Gasteiger partial charge is 0.126 e. The van der Waals surface area contributed by atoms with Gasteiger partial charge in [-0.1, -0.05) is 37.6 Å². The lowest BCUT2D eigenvalue weighted by Gasteiger charge is -2.13. The minimum Gasteiger partial charge on any atom is -0.496 e. The van der Waals surface area contributed by atoms with Gasteiger partial charge in [-0.3, -0.25) is 0 Å². The molecule has 0 aromatic heterocycles. The fourth-order valence-electron chi connectivity index (χ4n) is 2.40. The molecule has 0 fully saturated rings. The highest BCUT2D eigenvalue weighted by Gasteiger charge is 2.10. The average Bonchev–Trinajstić information content (AvgIpc) is 2.53. The summed E-state index contributed by atoms with van der Waals surface area (Å²) in [7, 11) is 3.32. The van der Waals surface area contributed by atoms with Crippen molar-refractivity contribution in [3.63, 3.8) is 0 Å². The van der Waals surface area contributed by atoms with Gasteiger partial charge in [0.2, 0.25) is 0 Å². The van der Waals surface area contributed by atoms with Crippen LogP contribution in [0.4, 0.5) is 4.39 Å². The van der Waals surface area contributed by atoms with Crippen molar-refractivity contribution in [1.29, 1.82) is 0 Å². The van der Waals surface area contributed by atoms with E-state index in [1.54, 1.807) is 20.3 Å². The van der Waals surface area contributed by atoms with Crippen molar-refractivity contribution in [3.05, 3.63) is 58.9 Å². The monoisotopic (exact) mass is 300 g/mol.